The molecule has 148 valence electrons. The molecule has 0 aromatic carbocycles. The van der Waals surface area contributed by atoms with E-state index in [0.29, 0.717) is 32.1 Å². The molecule has 0 unspecified atom stereocenters. The number of ketones is 1. The van der Waals surface area contributed by atoms with Crippen molar-refractivity contribution in [3.63, 3.8) is 0 Å². The molecule has 0 aromatic rings. The Kier molecular flexibility index (Phi) is 4.72. The van der Waals surface area contributed by atoms with Crippen molar-refractivity contribution in [2.75, 3.05) is 32.7 Å². The Morgan fingerprint density at radius 1 is 0.852 bits per heavy atom. The summed E-state index contributed by atoms with van der Waals surface area (Å²) in [6.45, 7) is 3.12. The second kappa shape index (κ2) is 6.91. The van der Waals surface area contributed by atoms with Crippen molar-refractivity contribution < 1.29 is 19.2 Å². The monoisotopic (exact) mass is 375 g/mol. The first-order chi connectivity index (χ1) is 12.9. The third-order valence-electron chi connectivity index (χ3n) is 7.13. The smallest absolute Gasteiger partial charge is 0.287 e. The first kappa shape index (κ1) is 18.4. The molecule has 1 N–H and O–H groups in total. The van der Waals surface area contributed by atoms with Crippen LogP contribution in [0.5, 0.6) is 0 Å². The number of piperazine rings is 1. The van der Waals surface area contributed by atoms with Crippen LogP contribution in [0.2, 0.25) is 0 Å². The summed E-state index contributed by atoms with van der Waals surface area (Å²) in [6.07, 6.45) is 7.15. The summed E-state index contributed by atoms with van der Waals surface area (Å²) in [7, 11) is 0. The molecule has 5 rings (SSSR count). The minimum atomic E-state index is -0.737. The average Bonchev–Trinajstić information content (AvgIpc) is 2.64. The van der Waals surface area contributed by atoms with E-state index in [-0.39, 0.29) is 17.9 Å². The molecule has 4 bridgehead atoms. The van der Waals surface area contributed by atoms with E-state index in [0.717, 1.165) is 37.0 Å². The third kappa shape index (κ3) is 3.48. The largest absolute Gasteiger partial charge is 0.340 e. The Hall–Kier alpha value is -1.92. The zero-order valence-electron chi connectivity index (χ0n) is 16.0. The quantitative estimate of drug-likeness (QED) is 0.728. The van der Waals surface area contributed by atoms with Gasteiger partial charge in [-0.3, -0.25) is 19.2 Å². The van der Waals surface area contributed by atoms with Crippen molar-refractivity contribution in [1.82, 2.24) is 15.1 Å². The van der Waals surface area contributed by atoms with Crippen molar-refractivity contribution in [3.05, 3.63) is 0 Å². The summed E-state index contributed by atoms with van der Waals surface area (Å²) in [5.41, 5.74) is -0.129. The van der Waals surface area contributed by atoms with Crippen LogP contribution < -0.4 is 5.32 Å². The van der Waals surface area contributed by atoms with E-state index in [1.54, 1.807) is 4.90 Å². The van der Waals surface area contributed by atoms with E-state index in [2.05, 4.69) is 5.32 Å². The Bertz CT molecular complexity index is 631. The molecule has 1 heterocycles. The number of nitrogens with zero attached hydrogens (tertiary/aromatic N) is 2. The van der Waals surface area contributed by atoms with Gasteiger partial charge in [0, 0.05) is 33.1 Å². The van der Waals surface area contributed by atoms with E-state index in [1.165, 1.54) is 26.2 Å². The fourth-order valence-corrected chi connectivity index (χ4v) is 6.26. The van der Waals surface area contributed by atoms with Crippen LogP contribution in [0, 0.1) is 23.2 Å². The molecule has 0 atom stereocenters. The minimum absolute atomic E-state index is 0.129. The summed E-state index contributed by atoms with van der Waals surface area (Å²) < 4.78 is 0. The van der Waals surface area contributed by atoms with E-state index in [4.69, 9.17) is 0 Å². The summed E-state index contributed by atoms with van der Waals surface area (Å²) in [5, 5.41) is 2.34. The number of nitrogens with one attached hydrogen (secondary N) is 1. The minimum Gasteiger partial charge on any atom is -0.340 e. The molecule has 27 heavy (non-hydrogen) atoms. The summed E-state index contributed by atoms with van der Waals surface area (Å²) in [4.78, 5) is 51.4. The van der Waals surface area contributed by atoms with Gasteiger partial charge >= 0.3 is 0 Å². The maximum atomic E-state index is 13.3. The summed E-state index contributed by atoms with van der Waals surface area (Å²) >= 11 is 0. The predicted molar refractivity (Wildman–Crippen MR) is 97.5 cm³/mol. The highest BCUT2D eigenvalue weighted by Gasteiger charge is 2.55. The van der Waals surface area contributed by atoms with E-state index < -0.39 is 11.7 Å². The SMILES string of the molecule is CC(=O)C(=O)NCC(=O)N1CCN(C(=O)C23CC4CC(CC(C4)C2)C3)CC1. The lowest BCUT2D eigenvalue weighted by molar-refractivity contribution is -0.160. The van der Waals surface area contributed by atoms with Crippen LogP contribution in [0.4, 0.5) is 0 Å². The zero-order chi connectivity index (χ0) is 19.2. The molecule has 1 saturated heterocycles. The van der Waals surface area contributed by atoms with E-state index in [1.807, 2.05) is 4.90 Å². The maximum Gasteiger partial charge on any atom is 0.287 e. The molecule has 0 spiro atoms. The third-order valence-corrected chi connectivity index (χ3v) is 7.13. The van der Waals surface area contributed by atoms with Gasteiger partial charge < -0.3 is 15.1 Å². The molecule has 3 amide bonds. The molecule has 0 aromatic heterocycles. The maximum absolute atomic E-state index is 13.3. The highest BCUT2D eigenvalue weighted by Crippen LogP contribution is 2.60. The number of amides is 3. The fraction of sp³-hybridized carbons (Fsp3) is 0.800. The van der Waals surface area contributed by atoms with Crippen LogP contribution in [0.3, 0.4) is 0 Å². The van der Waals surface area contributed by atoms with Crippen molar-refractivity contribution in [2.45, 2.75) is 45.4 Å². The van der Waals surface area contributed by atoms with Gasteiger partial charge in [-0.15, -0.1) is 0 Å². The van der Waals surface area contributed by atoms with Gasteiger partial charge in [0.25, 0.3) is 5.91 Å². The van der Waals surface area contributed by atoms with Crippen LogP contribution in [0.25, 0.3) is 0 Å². The van der Waals surface area contributed by atoms with Gasteiger partial charge in [-0.2, -0.15) is 0 Å². The highest BCUT2D eigenvalue weighted by molar-refractivity contribution is 6.35. The van der Waals surface area contributed by atoms with Crippen molar-refractivity contribution >= 4 is 23.5 Å². The lowest BCUT2D eigenvalue weighted by Gasteiger charge is -2.57. The van der Waals surface area contributed by atoms with Crippen LogP contribution >= 0.6 is 0 Å². The Morgan fingerprint density at radius 2 is 1.33 bits per heavy atom. The highest BCUT2D eigenvalue weighted by atomic mass is 16.2. The molecular weight excluding hydrogens is 346 g/mol. The number of hydrogen-bond acceptors (Lipinski definition) is 4. The summed E-state index contributed by atoms with van der Waals surface area (Å²) in [5.74, 6) is 1.01. The van der Waals surface area contributed by atoms with Gasteiger partial charge in [-0.1, -0.05) is 0 Å². The molecule has 4 saturated carbocycles. The first-order valence-electron chi connectivity index (χ1n) is 10.2. The van der Waals surface area contributed by atoms with Crippen molar-refractivity contribution in [3.8, 4) is 0 Å². The van der Waals surface area contributed by atoms with Crippen LogP contribution in [-0.4, -0.2) is 66.0 Å². The molecule has 1 aliphatic heterocycles. The standard InChI is InChI=1S/C20H29N3O4/c1-13(24)18(26)21-12-17(25)22-2-4-23(5-3-22)19(27)20-9-14-6-15(10-20)8-16(7-14)11-20/h14-16H,2-12H2,1H3,(H,21,26). The Labute approximate surface area is 159 Å². The lowest BCUT2D eigenvalue weighted by atomic mass is 9.49. The lowest BCUT2D eigenvalue weighted by Crippen LogP contribution is -2.59. The van der Waals surface area contributed by atoms with Crippen molar-refractivity contribution in [2.24, 2.45) is 23.2 Å². The van der Waals surface area contributed by atoms with Gasteiger partial charge in [0.15, 0.2) is 0 Å². The van der Waals surface area contributed by atoms with E-state index in [9.17, 15) is 19.2 Å². The van der Waals surface area contributed by atoms with Gasteiger partial charge in [0.05, 0.1) is 12.0 Å². The van der Waals surface area contributed by atoms with Crippen LogP contribution in [-0.2, 0) is 19.2 Å². The average molecular weight is 375 g/mol. The molecule has 4 aliphatic carbocycles. The topological polar surface area (TPSA) is 86.8 Å². The Morgan fingerprint density at radius 3 is 1.81 bits per heavy atom. The second-order valence-corrected chi connectivity index (χ2v) is 9.11. The zero-order valence-corrected chi connectivity index (χ0v) is 16.0. The predicted octanol–water partition coefficient (Wildman–Crippen LogP) is 0.579. The van der Waals surface area contributed by atoms with Gasteiger partial charge in [-0.05, 0) is 56.3 Å². The fourth-order valence-electron chi connectivity index (χ4n) is 6.26. The Balaban J connectivity index is 1.30. The molecule has 0 radical (unpaired) electrons. The van der Waals surface area contributed by atoms with Gasteiger partial charge in [0.1, 0.15) is 0 Å². The van der Waals surface area contributed by atoms with Crippen LogP contribution in [0.1, 0.15) is 45.4 Å². The molecule has 5 fully saturated rings. The first-order valence-corrected chi connectivity index (χ1v) is 10.2. The van der Waals surface area contributed by atoms with Crippen LogP contribution in [0.15, 0.2) is 0 Å². The van der Waals surface area contributed by atoms with E-state index >= 15 is 0 Å². The number of carbonyl (C=O) groups is 4. The molecule has 7 nitrogen and oxygen atoms in total. The number of carbonyl (C=O) groups excluding carboxylic acids is 4. The number of rotatable bonds is 4. The number of hydrogen-bond donors (Lipinski definition) is 1. The number of Topliss-reactive ketones (excluding diaryl/α,β-unsaturated/α-hetero) is 1. The molecule has 7 heteroatoms. The summed E-state index contributed by atoms with van der Waals surface area (Å²) in [6, 6.07) is 0. The van der Waals surface area contributed by atoms with Gasteiger partial charge in [-0.25, -0.2) is 0 Å². The molecular formula is C20H29N3O4. The second-order valence-electron chi connectivity index (χ2n) is 9.11. The normalized spacial score (nSPS) is 34.5. The molecule has 5 aliphatic rings. The van der Waals surface area contributed by atoms with Gasteiger partial charge in [0.2, 0.25) is 17.6 Å². The van der Waals surface area contributed by atoms with Crippen molar-refractivity contribution in [1.29, 1.82) is 0 Å².